The summed E-state index contributed by atoms with van der Waals surface area (Å²) in [6, 6.07) is 17.4. The third-order valence-electron chi connectivity index (χ3n) is 4.22. The topological polar surface area (TPSA) is 21.3 Å². The fraction of sp³-hybridized carbons (Fsp3) is 0.368. The molecule has 0 amide bonds. The summed E-state index contributed by atoms with van der Waals surface area (Å²) in [5, 5.41) is 3.65. The Hall–Kier alpha value is -1.96. The van der Waals surface area contributed by atoms with E-state index < -0.39 is 0 Å². The lowest BCUT2D eigenvalue weighted by atomic mass is 10.1. The van der Waals surface area contributed by atoms with E-state index in [9.17, 15) is 0 Å². The molecule has 0 aliphatic heterocycles. The van der Waals surface area contributed by atoms with Gasteiger partial charge in [-0.25, -0.2) is 0 Å². The lowest BCUT2D eigenvalue weighted by Gasteiger charge is -2.17. The van der Waals surface area contributed by atoms with Crippen molar-refractivity contribution in [1.82, 2.24) is 0 Å². The molecule has 110 valence electrons. The molecule has 1 N–H and O–H groups in total. The molecule has 2 unspecified atom stereocenters. The number of hydrogen-bond donors (Lipinski definition) is 1. The van der Waals surface area contributed by atoms with E-state index in [1.807, 2.05) is 6.07 Å². The zero-order valence-corrected chi connectivity index (χ0v) is 12.8. The third-order valence-corrected chi connectivity index (χ3v) is 4.22. The van der Waals surface area contributed by atoms with Crippen molar-refractivity contribution in [2.24, 2.45) is 0 Å². The van der Waals surface area contributed by atoms with Crippen LogP contribution < -0.4 is 10.1 Å². The molecule has 0 heterocycles. The van der Waals surface area contributed by atoms with Crippen molar-refractivity contribution in [3.05, 3.63) is 59.7 Å². The normalized spacial score (nSPS) is 18.1. The van der Waals surface area contributed by atoms with Crippen molar-refractivity contribution in [2.75, 3.05) is 5.32 Å². The van der Waals surface area contributed by atoms with Crippen LogP contribution in [-0.2, 0) is 6.42 Å². The van der Waals surface area contributed by atoms with Gasteiger partial charge in [0.15, 0.2) is 0 Å². The Balaban J connectivity index is 1.73. The van der Waals surface area contributed by atoms with Gasteiger partial charge in [0.05, 0.1) is 12.1 Å². The van der Waals surface area contributed by atoms with Gasteiger partial charge in [0.2, 0.25) is 0 Å². The average Bonchev–Trinajstić information content (AvgIpc) is 2.91. The lowest BCUT2D eigenvalue weighted by Crippen LogP contribution is -2.10. The van der Waals surface area contributed by atoms with Crippen LogP contribution in [0.2, 0.25) is 0 Å². The van der Waals surface area contributed by atoms with Crippen LogP contribution in [-0.4, -0.2) is 6.10 Å². The summed E-state index contributed by atoms with van der Waals surface area (Å²) < 4.78 is 5.90. The zero-order chi connectivity index (χ0) is 14.7. The highest BCUT2D eigenvalue weighted by atomic mass is 16.5. The number of aryl methyl sites for hydroxylation is 1. The summed E-state index contributed by atoms with van der Waals surface area (Å²) in [6.45, 7) is 4.25. The maximum Gasteiger partial charge on any atom is 0.121 e. The molecular formula is C19H23NO. The zero-order valence-electron chi connectivity index (χ0n) is 12.8. The molecule has 0 spiro atoms. The van der Waals surface area contributed by atoms with Crippen molar-refractivity contribution in [3.63, 3.8) is 0 Å². The number of ether oxygens (including phenoxy) is 1. The molecule has 1 aliphatic carbocycles. The quantitative estimate of drug-likeness (QED) is 0.836. The second-order valence-electron chi connectivity index (χ2n) is 5.80. The Labute approximate surface area is 127 Å². The van der Waals surface area contributed by atoms with Gasteiger partial charge >= 0.3 is 0 Å². The van der Waals surface area contributed by atoms with Gasteiger partial charge < -0.3 is 10.1 Å². The van der Waals surface area contributed by atoms with Crippen molar-refractivity contribution in [2.45, 2.75) is 45.3 Å². The Bertz CT molecular complexity index is 608. The predicted octanol–water partition coefficient (Wildman–Crippen LogP) is 4.96. The monoisotopic (exact) mass is 281 g/mol. The largest absolute Gasteiger partial charge is 0.491 e. The highest BCUT2D eigenvalue weighted by Gasteiger charge is 2.21. The summed E-state index contributed by atoms with van der Waals surface area (Å²) in [7, 11) is 0. The SMILES string of the molecule is CCC(C)Oc1cccc(NC2CCc3ccccc32)c1. The van der Waals surface area contributed by atoms with Crippen LogP contribution in [0.5, 0.6) is 5.75 Å². The first-order valence-electron chi connectivity index (χ1n) is 7.87. The van der Waals surface area contributed by atoms with Crippen LogP contribution in [0.25, 0.3) is 0 Å². The van der Waals surface area contributed by atoms with Gasteiger partial charge in [0.1, 0.15) is 5.75 Å². The minimum absolute atomic E-state index is 0.257. The molecule has 0 aromatic heterocycles. The van der Waals surface area contributed by atoms with Gasteiger partial charge in [-0.2, -0.15) is 0 Å². The molecule has 0 saturated heterocycles. The number of fused-ring (bicyclic) bond motifs is 1. The van der Waals surface area contributed by atoms with Gasteiger partial charge in [-0.15, -0.1) is 0 Å². The van der Waals surface area contributed by atoms with Crippen LogP contribution in [0.15, 0.2) is 48.5 Å². The van der Waals surface area contributed by atoms with Crippen LogP contribution in [0.3, 0.4) is 0 Å². The number of rotatable bonds is 5. The second-order valence-corrected chi connectivity index (χ2v) is 5.80. The maximum absolute atomic E-state index is 5.90. The molecule has 1 aliphatic rings. The highest BCUT2D eigenvalue weighted by Crippen LogP contribution is 2.34. The maximum atomic E-state index is 5.90. The van der Waals surface area contributed by atoms with E-state index in [-0.39, 0.29) is 6.10 Å². The molecule has 3 rings (SSSR count). The highest BCUT2D eigenvalue weighted by molar-refractivity contribution is 5.51. The molecular weight excluding hydrogens is 258 g/mol. The van der Waals surface area contributed by atoms with Crippen molar-refractivity contribution >= 4 is 5.69 Å². The van der Waals surface area contributed by atoms with Gasteiger partial charge in [-0.05, 0) is 49.4 Å². The molecule has 0 fully saturated rings. The van der Waals surface area contributed by atoms with E-state index in [1.54, 1.807) is 0 Å². The standard InChI is InChI=1S/C19H23NO/c1-3-14(2)21-17-9-6-8-16(13-17)20-19-12-11-15-7-4-5-10-18(15)19/h4-10,13-14,19-20H,3,11-12H2,1-2H3. The molecule has 21 heavy (non-hydrogen) atoms. The fourth-order valence-electron chi connectivity index (χ4n) is 2.88. The number of nitrogens with one attached hydrogen (secondary N) is 1. The Kier molecular flexibility index (Phi) is 4.14. The summed E-state index contributed by atoms with van der Waals surface area (Å²) in [6.07, 6.45) is 3.60. The van der Waals surface area contributed by atoms with Crippen LogP contribution in [0.1, 0.15) is 43.9 Å². The summed E-state index contributed by atoms with van der Waals surface area (Å²) in [5.74, 6) is 0.945. The van der Waals surface area contributed by atoms with Crippen LogP contribution in [0, 0.1) is 0 Å². The first kappa shape index (κ1) is 14.0. The molecule has 2 nitrogen and oxygen atoms in total. The number of hydrogen-bond acceptors (Lipinski definition) is 2. The van der Waals surface area contributed by atoms with E-state index in [0.29, 0.717) is 6.04 Å². The van der Waals surface area contributed by atoms with E-state index in [2.05, 4.69) is 61.6 Å². The first-order chi connectivity index (χ1) is 10.3. The fourth-order valence-corrected chi connectivity index (χ4v) is 2.88. The van der Waals surface area contributed by atoms with Gasteiger partial charge in [-0.3, -0.25) is 0 Å². The Morgan fingerprint density at radius 2 is 2.05 bits per heavy atom. The summed E-state index contributed by atoms with van der Waals surface area (Å²) >= 11 is 0. The first-order valence-corrected chi connectivity index (χ1v) is 7.87. The molecule has 2 aromatic rings. The van der Waals surface area contributed by atoms with E-state index in [0.717, 1.165) is 30.7 Å². The lowest BCUT2D eigenvalue weighted by molar-refractivity contribution is 0.217. The van der Waals surface area contributed by atoms with E-state index in [4.69, 9.17) is 4.74 Å². The van der Waals surface area contributed by atoms with Gasteiger partial charge in [-0.1, -0.05) is 37.3 Å². The van der Waals surface area contributed by atoms with E-state index >= 15 is 0 Å². The number of anilines is 1. The average molecular weight is 281 g/mol. The molecule has 0 radical (unpaired) electrons. The minimum Gasteiger partial charge on any atom is -0.491 e. The molecule has 2 heteroatoms. The molecule has 0 bridgehead atoms. The smallest absolute Gasteiger partial charge is 0.121 e. The third kappa shape index (κ3) is 3.21. The molecule has 0 saturated carbocycles. The summed E-state index contributed by atoms with van der Waals surface area (Å²) in [5.41, 5.74) is 4.05. The van der Waals surface area contributed by atoms with Crippen LogP contribution in [0.4, 0.5) is 5.69 Å². The van der Waals surface area contributed by atoms with Gasteiger partial charge in [0, 0.05) is 11.8 Å². The second kappa shape index (κ2) is 6.21. The molecule has 2 atom stereocenters. The predicted molar refractivity (Wildman–Crippen MR) is 87.9 cm³/mol. The van der Waals surface area contributed by atoms with Crippen molar-refractivity contribution in [1.29, 1.82) is 0 Å². The number of benzene rings is 2. The van der Waals surface area contributed by atoms with E-state index in [1.165, 1.54) is 11.1 Å². The Morgan fingerprint density at radius 1 is 1.19 bits per heavy atom. The van der Waals surface area contributed by atoms with Crippen molar-refractivity contribution < 1.29 is 4.74 Å². The van der Waals surface area contributed by atoms with Crippen LogP contribution >= 0.6 is 0 Å². The van der Waals surface area contributed by atoms with Crippen molar-refractivity contribution in [3.8, 4) is 5.75 Å². The minimum atomic E-state index is 0.257. The summed E-state index contributed by atoms with van der Waals surface area (Å²) in [4.78, 5) is 0. The molecule has 2 aromatic carbocycles. The Morgan fingerprint density at radius 3 is 2.90 bits per heavy atom. The van der Waals surface area contributed by atoms with Gasteiger partial charge in [0.25, 0.3) is 0 Å².